The second kappa shape index (κ2) is 9.54. The predicted octanol–water partition coefficient (Wildman–Crippen LogP) is 4.23. The molecule has 3 aromatic heterocycles. The Morgan fingerprint density at radius 3 is 2.69 bits per heavy atom. The number of nitrogens with zero attached hydrogens (tertiary/aromatic N) is 7. The van der Waals surface area contributed by atoms with Gasteiger partial charge in [-0.05, 0) is 51.6 Å². The zero-order chi connectivity index (χ0) is 24.4. The van der Waals surface area contributed by atoms with Gasteiger partial charge in [0.05, 0.1) is 40.8 Å². The molecule has 0 N–H and O–H groups in total. The van der Waals surface area contributed by atoms with E-state index >= 15 is 0 Å². The van der Waals surface area contributed by atoms with E-state index in [4.69, 9.17) is 9.72 Å². The summed E-state index contributed by atoms with van der Waals surface area (Å²) in [6, 6.07) is 13.9. The molecule has 0 bridgehead atoms. The summed E-state index contributed by atoms with van der Waals surface area (Å²) in [5.74, 6) is 0.437. The minimum absolute atomic E-state index is 0.437. The van der Waals surface area contributed by atoms with Gasteiger partial charge in [0.15, 0.2) is 5.65 Å². The Labute approximate surface area is 204 Å². The summed E-state index contributed by atoms with van der Waals surface area (Å²) in [7, 11) is 2.14. The van der Waals surface area contributed by atoms with Gasteiger partial charge in [0, 0.05) is 42.2 Å². The number of aryl methyl sites for hydroxylation is 1. The number of rotatable bonds is 5. The van der Waals surface area contributed by atoms with Crippen molar-refractivity contribution < 1.29 is 4.74 Å². The molecular weight excluding hydrogens is 438 g/mol. The summed E-state index contributed by atoms with van der Waals surface area (Å²) in [5.41, 5.74) is 5.40. The van der Waals surface area contributed by atoms with Gasteiger partial charge < -0.3 is 9.64 Å². The molecule has 1 saturated heterocycles. The Bertz CT molecular complexity index is 1460. The molecule has 8 nitrogen and oxygen atoms in total. The highest BCUT2D eigenvalue weighted by atomic mass is 16.5. The predicted molar refractivity (Wildman–Crippen MR) is 132 cm³/mol. The molecule has 1 atom stereocenters. The Morgan fingerprint density at radius 1 is 1.11 bits per heavy atom. The SMILES string of the molecule is Cc1ncc(-c2c(-c3ccc(C#N)cc3)nc(OC[C@@H]3CCCN(C)C3)n3ccnc23)cc1C#N. The van der Waals surface area contributed by atoms with Gasteiger partial charge in [-0.3, -0.25) is 9.38 Å². The molecule has 0 saturated carbocycles. The van der Waals surface area contributed by atoms with Crippen LogP contribution in [-0.4, -0.2) is 51.0 Å². The molecule has 0 aliphatic carbocycles. The van der Waals surface area contributed by atoms with Crippen molar-refractivity contribution in [3.05, 3.63) is 65.7 Å². The van der Waals surface area contributed by atoms with Crippen LogP contribution in [0.5, 0.6) is 6.01 Å². The molecule has 5 rings (SSSR count). The number of benzene rings is 1. The molecular formula is C27H25N7O. The van der Waals surface area contributed by atoms with Gasteiger partial charge in [-0.1, -0.05) is 12.1 Å². The number of piperidine rings is 1. The highest BCUT2D eigenvalue weighted by molar-refractivity contribution is 5.90. The number of pyridine rings is 1. The molecule has 4 aromatic rings. The van der Waals surface area contributed by atoms with Gasteiger partial charge in [-0.15, -0.1) is 0 Å². The van der Waals surface area contributed by atoms with Crippen LogP contribution in [0.25, 0.3) is 28.0 Å². The maximum atomic E-state index is 9.58. The van der Waals surface area contributed by atoms with Crippen LogP contribution in [0.1, 0.15) is 29.7 Å². The summed E-state index contributed by atoms with van der Waals surface area (Å²) in [6.07, 6.45) is 7.59. The van der Waals surface area contributed by atoms with Crippen molar-refractivity contribution in [3.8, 4) is 40.5 Å². The molecule has 8 heteroatoms. The minimum Gasteiger partial charge on any atom is -0.464 e. The van der Waals surface area contributed by atoms with E-state index in [1.54, 1.807) is 24.5 Å². The minimum atomic E-state index is 0.437. The first-order valence-corrected chi connectivity index (χ1v) is 11.6. The third-order valence-electron chi connectivity index (χ3n) is 6.47. The second-order valence-corrected chi connectivity index (χ2v) is 8.98. The van der Waals surface area contributed by atoms with E-state index in [0.29, 0.717) is 46.7 Å². The third kappa shape index (κ3) is 4.44. The van der Waals surface area contributed by atoms with E-state index in [9.17, 15) is 10.5 Å². The number of imidazole rings is 1. The first-order chi connectivity index (χ1) is 17.1. The van der Waals surface area contributed by atoms with Gasteiger partial charge in [0.1, 0.15) is 6.07 Å². The van der Waals surface area contributed by atoms with Crippen LogP contribution in [0.3, 0.4) is 0 Å². The van der Waals surface area contributed by atoms with Crippen LogP contribution in [0.2, 0.25) is 0 Å². The topological polar surface area (TPSA) is 103 Å². The van der Waals surface area contributed by atoms with Gasteiger partial charge in [0.2, 0.25) is 0 Å². The van der Waals surface area contributed by atoms with Crippen LogP contribution in [0.15, 0.2) is 48.9 Å². The lowest BCUT2D eigenvalue weighted by Gasteiger charge is -2.29. The number of likely N-dealkylation sites (tertiary alicyclic amines) is 1. The van der Waals surface area contributed by atoms with E-state index in [-0.39, 0.29) is 0 Å². The van der Waals surface area contributed by atoms with Gasteiger partial charge >= 0.3 is 6.01 Å². The van der Waals surface area contributed by atoms with Crippen molar-refractivity contribution in [2.75, 3.05) is 26.7 Å². The maximum Gasteiger partial charge on any atom is 0.302 e. The molecule has 1 fully saturated rings. The Morgan fingerprint density at radius 2 is 1.94 bits per heavy atom. The molecule has 0 unspecified atom stereocenters. The van der Waals surface area contributed by atoms with Crippen LogP contribution in [-0.2, 0) is 0 Å². The van der Waals surface area contributed by atoms with Gasteiger partial charge in [-0.2, -0.15) is 15.5 Å². The van der Waals surface area contributed by atoms with Crippen molar-refractivity contribution in [3.63, 3.8) is 0 Å². The molecule has 0 radical (unpaired) electrons. The van der Waals surface area contributed by atoms with E-state index in [1.807, 2.05) is 35.7 Å². The zero-order valence-electron chi connectivity index (χ0n) is 19.8. The standard InChI is InChI=1S/C27H25N7O/c1-18-22(14-29)12-23(15-31-18)24-25(21-7-5-19(13-28)6-8-21)32-27(34-11-9-30-26(24)34)35-17-20-4-3-10-33(2)16-20/h5-9,11-12,15,20H,3-4,10,16-17H2,1-2H3/t20-/m1/s1. The fraction of sp³-hybridized carbons (Fsp3) is 0.296. The largest absolute Gasteiger partial charge is 0.464 e. The Hall–Kier alpha value is -4.27. The lowest BCUT2D eigenvalue weighted by atomic mass is 9.99. The van der Waals surface area contributed by atoms with Crippen LogP contribution in [0.4, 0.5) is 0 Å². The fourth-order valence-corrected chi connectivity index (χ4v) is 4.62. The molecule has 1 aromatic carbocycles. The van der Waals surface area contributed by atoms with E-state index < -0.39 is 0 Å². The van der Waals surface area contributed by atoms with Crippen LogP contribution in [0, 0.1) is 35.5 Å². The van der Waals surface area contributed by atoms with E-state index in [0.717, 1.165) is 42.6 Å². The monoisotopic (exact) mass is 463 g/mol. The first-order valence-electron chi connectivity index (χ1n) is 11.6. The number of aromatic nitrogens is 4. The van der Waals surface area contributed by atoms with Crippen molar-refractivity contribution >= 4 is 5.65 Å². The molecule has 4 heterocycles. The number of nitriles is 2. The van der Waals surface area contributed by atoms with Crippen molar-refractivity contribution in [2.45, 2.75) is 19.8 Å². The fourth-order valence-electron chi connectivity index (χ4n) is 4.62. The molecule has 174 valence electrons. The zero-order valence-corrected chi connectivity index (χ0v) is 19.8. The lowest BCUT2D eigenvalue weighted by Crippen LogP contribution is -2.35. The Balaban J connectivity index is 1.65. The third-order valence-corrected chi connectivity index (χ3v) is 6.47. The summed E-state index contributed by atoms with van der Waals surface area (Å²) >= 11 is 0. The average molecular weight is 464 g/mol. The molecule has 1 aliphatic heterocycles. The maximum absolute atomic E-state index is 9.58. The number of ether oxygens (including phenoxy) is 1. The van der Waals surface area contributed by atoms with Crippen LogP contribution < -0.4 is 4.74 Å². The number of hydrogen-bond acceptors (Lipinski definition) is 7. The van der Waals surface area contributed by atoms with E-state index in [2.05, 4.69) is 34.1 Å². The number of fused-ring (bicyclic) bond motifs is 1. The highest BCUT2D eigenvalue weighted by Crippen LogP contribution is 2.36. The molecule has 0 spiro atoms. The average Bonchev–Trinajstić information content (AvgIpc) is 3.37. The summed E-state index contributed by atoms with van der Waals surface area (Å²) < 4.78 is 8.14. The Kier molecular flexibility index (Phi) is 6.13. The lowest BCUT2D eigenvalue weighted by molar-refractivity contribution is 0.143. The quantitative estimate of drug-likeness (QED) is 0.436. The summed E-state index contributed by atoms with van der Waals surface area (Å²) in [6.45, 7) is 4.50. The van der Waals surface area contributed by atoms with Crippen LogP contribution >= 0.6 is 0 Å². The first kappa shape index (κ1) is 22.5. The number of hydrogen-bond donors (Lipinski definition) is 0. The van der Waals surface area contributed by atoms with Gasteiger partial charge in [-0.25, -0.2) is 4.98 Å². The summed E-state index contributed by atoms with van der Waals surface area (Å²) in [4.78, 5) is 16.4. The normalized spacial score (nSPS) is 16.1. The van der Waals surface area contributed by atoms with Crippen molar-refractivity contribution in [1.82, 2.24) is 24.3 Å². The summed E-state index contributed by atoms with van der Waals surface area (Å²) in [5, 5.41) is 18.8. The molecule has 0 amide bonds. The molecule has 35 heavy (non-hydrogen) atoms. The van der Waals surface area contributed by atoms with Crippen molar-refractivity contribution in [1.29, 1.82) is 10.5 Å². The highest BCUT2D eigenvalue weighted by Gasteiger charge is 2.22. The van der Waals surface area contributed by atoms with Crippen molar-refractivity contribution in [2.24, 2.45) is 5.92 Å². The molecule has 1 aliphatic rings. The van der Waals surface area contributed by atoms with Gasteiger partial charge in [0.25, 0.3) is 0 Å². The van der Waals surface area contributed by atoms with E-state index in [1.165, 1.54) is 0 Å². The second-order valence-electron chi connectivity index (χ2n) is 8.98. The smallest absolute Gasteiger partial charge is 0.302 e.